The summed E-state index contributed by atoms with van der Waals surface area (Å²) >= 11 is 0. The van der Waals surface area contributed by atoms with E-state index in [2.05, 4.69) is 5.32 Å². The quantitative estimate of drug-likeness (QED) is 0.831. The van der Waals surface area contributed by atoms with Gasteiger partial charge in [-0.15, -0.1) is 0 Å². The van der Waals surface area contributed by atoms with Gasteiger partial charge in [-0.3, -0.25) is 4.79 Å². The number of hydrogen-bond donors (Lipinski definition) is 2. The third-order valence-electron chi connectivity index (χ3n) is 3.89. The van der Waals surface area contributed by atoms with Crippen LogP contribution < -0.4 is 15.8 Å². The van der Waals surface area contributed by atoms with Gasteiger partial charge >= 0.3 is 0 Å². The summed E-state index contributed by atoms with van der Waals surface area (Å²) in [6, 6.07) is 5.64. The molecule has 0 aliphatic carbocycles. The summed E-state index contributed by atoms with van der Waals surface area (Å²) in [7, 11) is 0. The van der Waals surface area contributed by atoms with Gasteiger partial charge in [-0.2, -0.15) is 0 Å². The van der Waals surface area contributed by atoms with Gasteiger partial charge in [-0.25, -0.2) is 13.2 Å². The molecule has 1 heterocycles. The monoisotopic (exact) mass is 348 g/mol. The van der Waals surface area contributed by atoms with E-state index in [1.54, 1.807) is 31.2 Å². The molecule has 1 atom stereocenters. The first-order valence-electron chi connectivity index (χ1n) is 7.57. The van der Waals surface area contributed by atoms with Crippen LogP contribution in [0.1, 0.15) is 22.8 Å². The molecule has 0 spiro atoms. The van der Waals surface area contributed by atoms with E-state index < -0.39 is 29.4 Å². The van der Waals surface area contributed by atoms with E-state index in [0.29, 0.717) is 29.6 Å². The summed E-state index contributed by atoms with van der Waals surface area (Å²) in [4.78, 5) is 11.2. The highest BCUT2D eigenvalue weighted by atomic mass is 19.2. The third-order valence-corrected chi connectivity index (χ3v) is 3.89. The maximum atomic E-state index is 13.8. The fraction of sp³-hybridized carbons (Fsp3) is 0.167. The minimum absolute atomic E-state index is 0.288. The molecular weight excluding hydrogens is 333 g/mol. The smallest absolute Gasteiger partial charge is 0.248 e. The van der Waals surface area contributed by atoms with Gasteiger partial charge in [0.15, 0.2) is 11.6 Å². The van der Waals surface area contributed by atoms with Crippen molar-refractivity contribution in [3.05, 3.63) is 70.7 Å². The Kier molecular flexibility index (Phi) is 4.39. The zero-order chi connectivity index (χ0) is 18.1. The number of anilines is 1. The minimum Gasteiger partial charge on any atom is -0.460 e. The molecule has 7 heteroatoms. The SMILES string of the molecule is CC(Nc1cc(F)cc(F)c1F)C1=CCc2cc(C(N)=O)ccc2O1. The Labute approximate surface area is 142 Å². The molecule has 130 valence electrons. The molecule has 1 aliphatic rings. The average Bonchev–Trinajstić information content (AvgIpc) is 2.58. The number of amides is 1. The summed E-state index contributed by atoms with van der Waals surface area (Å²) in [6.45, 7) is 1.68. The number of rotatable bonds is 4. The van der Waals surface area contributed by atoms with Crippen LogP contribution in [0.4, 0.5) is 18.9 Å². The molecule has 2 aromatic rings. The van der Waals surface area contributed by atoms with E-state index in [9.17, 15) is 18.0 Å². The van der Waals surface area contributed by atoms with Gasteiger partial charge in [0.25, 0.3) is 0 Å². The third kappa shape index (κ3) is 3.45. The number of ether oxygens (including phenoxy) is 1. The Morgan fingerprint density at radius 2 is 2.00 bits per heavy atom. The molecule has 4 nitrogen and oxygen atoms in total. The first-order chi connectivity index (χ1) is 11.8. The van der Waals surface area contributed by atoms with Crippen LogP contribution in [0.15, 0.2) is 42.2 Å². The Morgan fingerprint density at radius 3 is 2.72 bits per heavy atom. The fourth-order valence-corrected chi connectivity index (χ4v) is 2.60. The van der Waals surface area contributed by atoms with Crippen molar-refractivity contribution >= 4 is 11.6 Å². The van der Waals surface area contributed by atoms with Crippen LogP contribution in [0.3, 0.4) is 0 Å². The van der Waals surface area contributed by atoms with Crippen molar-refractivity contribution in [3.63, 3.8) is 0 Å². The molecule has 0 saturated carbocycles. The molecule has 3 rings (SSSR count). The van der Waals surface area contributed by atoms with Crippen LogP contribution in [-0.4, -0.2) is 11.9 Å². The van der Waals surface area contributed by atoms with E-state index in [1.165, 1.54) is 0 Å². The second-order valence-corrected chi connectivity index (χ2v) is 5.71. The lowest BCUT2D eigenvalue weighted by molar-refractivity contribution is 0.1000. The Morgan fingerprint density at radius 1 is 1.24 bits per heavy atom. The van der Waals surface area contributed by atoms with Gasteiger partial charge in [0.2, 0.25) is 5.91 Å². The number of primary amides is 1. The molecule has 1 unspecified atom stereocenters. The fourth-order valence-electron chi connectivity index (χ4n) is 2.60. The maximum Gasteiger partial charge on any atom is 0.248 e. The zero-order valence-corrected chi connectivity index (χ0v) is 13.3. The van der Waals surface area contributed by atoms with E-state index in [-0.39, 0.29) is 5.69 Å². The van der Waals surface area contributed by atoms with Crippen molar-refractivity contribution in [1.29, 1.82) is 0 Å². The molecule has 2 aromatic carbocycles. The van der Waals surface area contributed by atoms with Gasteiger partial charge in [0, 0.05) is 17.7 Å². The maximum absolute atomic E-state index is 13.8. The molecule has 3 N–H and O–H groups in total. The zero-order valence-electron chi connectivity index (χ0n) is 13.3. The molecule has 25 heavy (non-hydrogen) atoms. The number of halogens is 3. The molecule has 1 aliphatic heterocycles. The van der Waals surface area contributed by atoms with Crippen molar-refractivity contribution < 1.29 is 22.7 Å². The lowest BCUT2D eigenvalue weighted by atomic mass is 10.0. The van der Waals surface area contributed by atoms with Crippen molar-refractivity contribution in [2.24, 2.45) is 5.73 Å². The predicted molar refractivity (Wildman–Crippen MR) is 86.8 cm³/mol. The molecule has 0 fully saturated rings. The lowest BCUT2D eigenvalue weighted by Gasteiger charge is -2.24. The van der Waals surface area contributed by atoms with E-state index in [0.717, 1.165) is 11.6 Å². The highest BCUT2D eigenvalue weighted by Gasteiger charge is 2.20. The van der Waals surface area contributed by atoms with Gasteiger partial charge in [0.05, 0.1) is 11.7 Å². The van der Waals surface area contributed by atoms with Crippen molar-refractivity contribution in [1.82, 2.24) is 0 Å². The molecule has 0 saturated heterocycles. The number of nitrogens with one attached hydrogen (secondary N) is 1. The Bertz CT molecular complexity index is 881. The number of benzene rings is 2. The topological polar surface area (TPSA) is 64.3 Å². The average molecular weight is 348 g/mol. The number of fused-ring (bicyclic) bond motifs is 1. The van der Waals surface area contributed by atoms with Crippen LogP contribution in [-0.2, 0) is 6.42 Å². The van der Waals surface area contributed by atoms with Crippen molar-refractivity contribution in [2.45, 2.75) is 19.4 Å². The predicted octanol–water partition coefficient (Wildman–Crippen LogP) is 3.52. The standard InChI is InChI=1S/C18H15F3N2O2/c1-9(23-14-8-12(19)7-13(20)17(14)21)15-4-2-10-6-11(18(22)24)3-5-16(10)25-15/h3-9,23H,2H2,1H3,(H2,22,24). The van der Waals surface area contributed by atoms with Crippen LogP contribution in [0.5, 0.6) is 5.75 Å². The largest absolute Gasteiger partial charge is 0.460 e. The van der Waals surface area contributed by atoms with Gasteiger partial charge in [0.1, 0.15) is 17.3 Å². The minimum atomic E-state index is -1.27. The number of allylic oxidation sites excluding steroid dienone is 1. The summed E-state index contributed by atoms with van der Waals surface area (Å²) in [5.74, 6) is -2.81. The molecular formula is C18H15F3N2O2. The summed E-state index contributed by atoms with van der Waals surface area (Å²) in [6.07, 6.45) is 2.23. The number of hydrogen-bond acceptors (Lipinski definition) is 3. The number of carbonyl (C=O) groups excluding carboxylic acids is 1. The number of nitrogens with two attached hydrogens (primary N) is 1. The van der Waals surface area contributed by atoms with Crippen LogP contribution in [0.25, 0.3) is 0 Å². The van der Waals surface area contributed by atoms with Crippen molar-refractivity contribution in [3.8, 4) is 5.75 Å². The van der Waals surface area contributed by atoms with Crippen LogP contribution in [0.2, 0.25) is 0 Å². The first kappa shape index (κ1) is 16.9. The first-order valence-corrected chi connectivity index (χ1v) is 7.57. The van der Waals surface area contributed by atoms with E-state index in [1.807, 2.05) is 0 Å². The molecule has 1 amide bonds. The van der Waals surface area contributed by atoms with Gasteiger partial charge in [-0.05, 0) is 43.2 Å². The van der Waals surface area contributed by atoms with Crippen LogP contribution in [0, 0.1) is 17.5 Å². The highest BCUT2D eigenvalue weighted by Crippen LogP contribution is 2.30. The Hall–Kier alpha value is -2.96. The second kappa shape index (κ2) is 6.51. The van der Waals surface area contributed by atoms with Gasteiger partial charge in [-0.1, -0.05) is 0 Å². The molecule has 0 aromatic heterocycles. The second-order valence-electron chi connectivity index (χ2n) is 5.71. The summed E-state index contributed by atoms with van der Waals surface area (Å²) in [5, 5.41) is 2.70. The lowest BCUT2D eigenvalue weighted by Crippen LogP contribution is -2.24. The normalized spacial score (nSPS) is 14.2. The Balaban J connectivity index is 1.78. The summed E-state index contributed by atoms with van der Waals surface area (Å²) < 4.78 is 46.1. The number of carbonyl (C=O) groups is 1. The summed E-state index contributed by atoms with van der Waals surface area (Å²) in [5.41, 5.74) is 6.12. The van der Waals surface area contributed by atoms with Crippen molar-refractivity contribution in [2.75, 3.05) is 5.32 Å². The van der Waals surface area contributed by atoms with E-state index in [4.69, 9.17) is 10.5 Å². The van der Waals surface area contributed by atoms with Gasteiger partial charge < -0.3 is 15.8 Å². The highest BCUT2D eigenvalue weighted by molar-refractivity contribution is 5.93. The molecule has 0 bridgehead atoms. The van der Waals surface area contributed by atoms with Crippen LogP contribution >= 0.6 is 0 Å². The molecule has 0 radical (unpaired) electrons. The van der Waals surface area contributed by atoms with E-state index >= 15 is 0 Å².